The Kier molecular flexibility index (Phi) is 4.15. The van der Waals surface area contributed by atoms with Gasteiger partial charge in [-0.25, -0.2) is 0 Å². The number of aliphatic hydroxyl groups is 1. The number of phenolic OH excluding ortho intramolecular Hbond substituents is 2. The Labute approximate surface area is 95.6 Å². The number of rotatable bonds is 5. The molecule has 0 atom stereocenters. The first-order valence-electron chi connectivity index (χ1n) is 5.27. The lowest BCUT2D eigenvalue weighted by molar-refractivity contribution is 0.156. The molecule has 1 aromatic carbocycles. The molecule has 0 radical (unpaired) electrons. The van der Waals surface area contributed by atoms with E-state index in [2.05, 4.69) is 5.32 Å². The number of phenols is 2. The van der Waals surface area contributed by atoms with Gasteiger partial charge in [0.1, 0.15) is 0 Å². The van der Waals surface area contributed by atoms with Gasteiger partial charge in [-0.2, -0.15) is 0 Å². The summed E-state index contributed by atoms with van der Waals surface area (Å²) >= 11 is 0. The Bertz CT molecular complexity index is 350. The first-order valence-corrected chi connectivity index (χ1v) is 5.27. The van der Waals surface area contributed by atoms with Crippen LogP contribution in [0.1, 0.15) is 19.4 Å². The van der Waals surface area contributed by atoms with Gasteiger partial charge in [-0.05, 0) is 17.7 Å². The van der Waals surface area contributed by atoms with Crippen molar-refractivity contribution in [3.8, 4) is 11.5 Å². The smallest absolute Gasteiger partial charge is 0.157 e. The van der Waals surface area contributed by atoms with E-state index in [0.717, 1.165) is 5.56 Å². The second-order valence-electron chi connectivity index (χ2n) is 4.75. The zero-order valence-electron chi connectivity index (χ0n) is 9.70. The monoisotopic (exact) mass is 225 g/mol. The molecule has 0 aliphatic rings. The van der Waals surface area contributed by atoms with Crippen LogP contribution in [0.5, 0.6) is 11.5 Å². The zero-order chi connectivity index (χ0) is 12.2. The largest absolute Gasteiger partial charge is 0.504 e. The third kappa shape index (κ3) is 3.72. The van der Waals surface area contributed by atoms with Crippen LogP contribution >= 0.6 is 0 Å². The van der Waals surface area contributed by atoms with E-state index in [1.165, 1.54) is 12.1 Å². The molecule has 0 heterocycles. The Balaban J connectivity index is 2.46. The number of aromatic hydroxyl groups is 2. The molecule has 0 saturated carbocycles. The van der Waals surface area contributed by atoms with Crippen LogP contribution < -0.4 is 5.32 Å². The lowest BCUT2D eigenvalue weighted by atomic mass is 9.95. The summed E-state index contributed by atoms with van der Waals surface area (Å²) in [4.78, 5) is 0. The number of hydrogen-bond donors (Lipinski definition) is 4. The van der Waals surface area contributed by atoms with Crippen molar-refractivity contribution < 1.29 is 15.3 Å². The maximum atomic E-state index is 9.29. The minimum Gasteiger partial charge on any atom is -0.504 e. The molecule has 1 aromatic rings. The molecule has 0 aliphatic carbocycles. The van der Waals surface area contributed by atoms with Gasteiger partial charge in [0, 0.05) is 25.1 Å². The van der Waals surface area contributed by atoms with Crippen LogP contribution in [-0.4, -0.2) is 28.5 Å². The number of aliphatic hydroxyl groups excluding tert-OH is 1. The topological polar surface area (TPSA) is 72.7 Å². The van der Waals surface area contributed by atoms with E-state index >= 15 is 0 Å². The molecule has 4 nitrogen and oxygen atoms in total. The van der Waals surface area contributed by atoms with Crippen molar-refractivity contribution in [3.05, 3.63) is 23.8 Å². The molecule has 0 fully saturated rings. The van der Waals surface area contributed by atoms with Gasteiger partial charge in [-0.3, -0.25) is 0 Å². The molecule has 0 aliphatic heterocycles. The van der Waals surface area contributed by atoms with Gasteiger partial charge in [0.15, 0.2) is 11.5 Å². The quantitative estimate of drug-likeness (QED) is 0.568. The molecule has 0 spiro atoms. The van der Waals surface area contributed by atoms with Crippen LogP contribution in [0.3, 0.4) is 0 Å². The molecular formula is C12H19NO3. The fourth-order valence-electron chi connectivity index (χ4n) is 1.28. The summed E-state index contributed by atoms with van der Waals surface area (Å²) in [6.45, 7) is 5.34. The van der Waals surface area contributed by atoms with Gasteiger partial charge in [-0.1, -0.05) is 19.9 Å². The lowest BCUT2D eigenvalue weighted by Gasteiger charge is -2.21. The standard InChI is InChI=1S/C12H19NO3/c1-12(2,8-14)7-13-6-9-3-4-10(15)11(16)5-9/h3-5,13-16H,6-8H2,1-2H3. The van der Waals surface area contributed by atoms with E-state index < -0.39 is 0 Å². The van der Waals surface area contributed by atoms with E-state index in [1.807, 2.05) is 13.8 Å². The SMILES string of the molecule is CC(C)(CO)CNCc1ccc(O)c(O)c1. The summed E-state index contributed by atoms with van der Waals surface area (Å²) < 4.78 is 0. The molecule has 1 rings (SSSR count). The Morgan fingerprint density at radius 1 is 1.19 bits per heavy atom. The first kappa shape index (κ1) is 12.8. The lowest BCUT2D eigenvalue weighted by Crippen LogP contribution is -2.31. The van der Waals surface area contributed by atoms with Crippen molar-refractivity contribution in [2.75, 3.05) is 13.2 Å². The molecule has 0 aromatic heterocycles. The maximum Gasteiger partial charge on any atom is 0.157 e. The molecule has 90 valence electrons. The summed E-state index contributed by atoms with van der Waals surface area (Å²) in [7, 11) is 0. The Morgan fingerprint density at radius 3 is 2.44 bits per heavy atom. The van der Waals surface area contributed by atoms with Crippen LogP contribution in [0.25, 0.3) is 0 Å². The molecule has 0 unspecified atom stereocenters. The van der Waals surface area contributed by atoms with Gasteiger partial charge in [-0.15, -0.1) is 0 Å². The number of hydrogen-bond acceptors (Lipinski definition) is 4. The van der Waals surface area contributed by atoms with E-state index in [4.69, 9.17) is 10.2 Å². The van der Waals surface area contributed by atoms with Gasteiger partial charge < -0.3 is 20.6 Å². The molecule has 16 heavy (non-hydrogen) atoms. The highest BCUT2D eigenvalue weighted by Gasteiger charge is 2.15. The highest BCUT2D eigenvalue weighted by atomic mass is 16.3. The van der Waals surface area contributed by atoms with Gasteiger partial charge >= 0.3 is 0 Å². The van der Waals surface area contributed by atoms with Crippen molar-refractivity contribution in [1.82, 2.24) is 5.32 Å². The third-order valence-corrected chi connectivity index (χ3v) is 2.40. The summed E-state index contributed by atoms with van der Waals surface area (Å²) in [6, 6.07) is 4.73. The van der Waals surface area contributed by atoms with E-state index in [-0.39, 0.29) is 23.5 Å². The second kappa shape index (κ2) is 5.18. The van der Waals surface area contributed by atoms with Gasteiger partial charge in [0.25, 0.3) is 0 Å². The predicted octanol–water partition coefficient (Wildman–Crippen LogP) is 1.21. The highest BCUT2D eigenvalue weighted by molar-refractivity contribution is 5.40. The molecule has 0 saturated heterocycles. The van der Waals surface area contributed by atoms with Crippen molar-refractivity contribution in [3.63, 3.8) is 0 Å². The average molecular weight is 225 g/mol. The molecule has 0 bridgehead atoms. The second-order valence-corrected chi connectivity index (χ2v) is 4.75. The number of nitrogens with one attached hydrogen (secondary N) is 1. The van der Waals surface area contributed by atoms with Crippen LogP contribution in [0.2, 0.25) is 0 Å². The van der Waals surface area contributed by atoms with E-state index in [1.54, 1.807) is 6.07 Å². The van der Waals surface area contributed by atoms with Crippen LogP contribution in [-0.2, 0) is 6.54 Å². The fourth-order valence-corrected chi connectivity index (χ4v) is 1.28. The normalized spacial score (nSPS) is 11.7. The maximum absolute atomic E-state index is 9.29. The van der Waals surface area contributed by atoms with Crippen LogP contribution in [0.4, 0.5) is 0 Å². The van der Waals surface area contributed by atoms with Crippen molar-refractivity contribution >= 4 is 0 Å². The van der Waals surface area contributed by atoms with Crippen molar-refractivity contribution in [1.29, 1.82) is 0 Å². The Morgan fingerprint density at radius 2 is 1.88 bits per heavy atom. The Hall–Kier alpha value is -1.26. The minimum atomic E-state index is -0.154. The molecule has 0 amide bonds. The number of benzene rings is 1. The third-order valence-electron chi connectivity index (χ3n) is 2.40. The van der Waals surface area contributed by atoms with Crippen molar-refractivity contribution in [2.45, 2.75) is 20.4 Å². The molecular weight excluding hydrogens is 206 g/mol. The first-order chi connectivity index (χ1) is 7.44. The van der Waals surface area contributed by atoms with E-state index in [0.29, 0.717) is 13.1 Å². The fraction of sp³-hybridized carbons (Fsp3) is 0.500. The summed E-state index contributed by atoms with van der Waals surface area (Å²) in [6.07, 6.45) is 0. The molecule has 4 heteroatoms. The van der Waals surface area contributed by atoms with Gasteiger partial charge in [0.2, 0.25) is 0 Å². The predicted molar refractivity (Wildman–Crippen MR) is 62.3 cm³/mol. The van der Waals surface area contributed by atoms with Gasteiger partial charge in [0.05, 0.1) is 0 Å². The van der Waals surface area contributed by atoms with Crippen LogP contribution in [0.15, 0.2) is 18.2 Å². The van der Waals surface area contributed by atoms with Crippen molar-refractivity contribution in [2.24, 2.45) is 5.41 Å². The van der Waals surface area contributed by atoms with E-state index in [9.17, 15) is 5.11 Å². The summed E-state index contributed by atoms with van der Waals surface area (Å²) in [5.74, 6) is -0.222. The average Bonchev–Trinajstić information content (AvgIpc) is 2.23. The molecule has 4 N–H and O–H groups in total. The summed E-state index contributed by atoms with van der Waals surface area (Å²) in [5, 5.41) is 30.7. The van der Waals surface area contributed by atoms with Crippen LogP contribution in [0, 0.1) is 5.41 Å². The summed E-state index contributed by atoms with van der Waals surface area (Å²) in [5.41, 5.74) is 0.739. The minimum absolute atomic E-state index is 0.110. The highest BCUT2D eigenvalue weighted by Crippen LogP contribution is 2.24. The zero-order valence-corrected chi connectivity index (χ0v) is 9.70.